The van der Waals surface area contributed by atoms with E-state index in [1.165, 1.54) is 6.20 Å². The summed E-state index contributed by atoms with van der Waals surface area (Å²) in [6.45, 7) is 2.24. The minimum atomic E-state index is -0.338. The van der Waals surface area contributed by atoms with E-state index in [2.05, 4.69) is 27.0 Å². The molecule has 0 atom stereocenters. The number of pyridine rings is 1. The molecule has 3 N–H and O–H groups in total. The third-order valence-electron chi connectivity index (χ3n) is 6.57. The molecule has 0 spiro atoms. The van der Waals surface area contributed by atoms with E-state index >= 15 is 0 Å². The standard InChI is InChI=1S/C25H32FN5O/c1-32-12-11-28-19-5-7-20(8-6-19)31-24-14-22(23(26)15-29-24)18-3-2-4-21(13-18)30-17-25(16-27)9-10-25/h2-4,13-15,19-20,28,30H,5-12,17H2,1H3,(H,29,31). The second-order valence-corrected chi connectivity index (χ2v) is 9.02. The molecule has 2 aliphatic carbocycles. The van der Waals surface area contributed by atoms with Crippen LogP contribution in [0.1, 0.15) is 38.5 Å². The van der Waals surface area contributed by atoms with Crippen molar-refractivity contribution in [2.24, 2.45) is 5.41 Å². The molecule has 2 saturated carbocycles. The van der Waals surface area contributed by atoms with Crippen molar-refractivity contribution >= 4 is 11.5 Å². The van der Waals surface area contributed by atoms with Crippen molar-refractivity contribution in [3.63, 3.8) is 0 Å². The van der Waals surface area contributed by atoms with Gasteiger partial charge in [-0.2, -0.15) is 5.26 Å². The highest BCUT2D eigenvalue weighted by atomic mass is 19.1. The first-order valence-corrected chi connectivity index (χ1v) is 11.5. The molecule has 0 amide bonds. The Morgan fingerprint density at radius 3 is 2.69 bits per heavy atom. The van der Waals surface area contributed by atoms with Crippen molar-refractivity contribution in [1.82, 2.24) is 10.3 Å². The lowest BCUT2D eigenvalue weighted by molar-refractivity contribution is 0.191. The van der Waals surface area contributed by atoms with Crippen LogP contribution in [0.5, 0.6) is 0 Å². The molecule has 0 bridgehead atoms. The van der Waals surface area contributed by atoms with Crippen LogP contribution in [0.4, 0.5) is 15.9 Å². The van der Waals surface area contributed by atoms with Gasteiger partial charge in [-0.15, -0.1) is 0 Å². The molecule has 1 heterocycles. The number of aromatic nitrogens is 1. The fourth-order valence-corrected chi connectivity index (χ4v) is 4.30. The molecule has 1 aromatic carbocycles. The van der Waals surface area contributed by atoms with Gasteiger partial charge in [-0.1, -0.05) is 12.1 Å². The zero-order valence-electron chi connectivity index (χ0n) is 18.7. The Hall–Kier alpha value is -2.69. The van der Waals surface area contributed by atoms with Gasteiger partial charge in [0, 0.05) is 43.5 Å². The molecule has 2 aromatic rings. The van der Waals surface area contributed by atoms with Crippen molar-refractivity contribution in [3.05, 3.63) is 42.3 Å². The first kappa shape index (κ1) is 22.5. The number of benzene rings is 1. The van der Waals surface area contributed by atoms with Gasteiger partial charge >= 0.3 is 0 Å². The maximum atomic E-state index is 14.6. The largest absolute Gasteiger partial charge is 0.383 e. The lowest BCUT2D eigenvalue weighted by atomic mass is 9.91. The third kappa shape index (κ3) is 5.76. The summed E-state index contributed by atoms with van der Waals surface area (Å²) in [7, 11) is 1.72. The zero-order chi connectivity index (χ0) is 22.4. The first-order chi connectivity index (χ1) is 15.6. The third-order valence-corrected chi connectivity index (χ3v) is 6.57. The summed E-state index contributed by atoms with van der Waals surface area (Å²) in [6, 6.07) is 12.8. The molecule has 0 unspecified atom stereocenters. The van der Waals surface area contributed by atoms with E-state index in [0.29, 0.717) is 30.0 Å². The van der Waals surface area contributed by atoms with Gasteiger partial charge < -0.3 is 20.7 Å². The highest BCUT2D eigenvalue weighted by molar-refractivity contribution is 5.70. The van der Waals surface area contributed by atoms with Gasteiger partial charge in [-0.25, -0.2) is 9.37 Å². The SMILES string of the molecule is COCCNC1CCC(Nc2cc(-c3cccc(NCC4(C#N)CC4)c3)c(F)cn2)CC1. The van der Waals surface area contributed by atoms with E-state index in [-0.39, 0.29) is 11.2 Å². The van der Waals surface area contributed by atoms with Crippen LogP contribution in [-0.4, -0.2) is 43.9 Å². The Kier molecular flexibility index (Phi) is 7.23. The Bertz CT molecular complexity index is 948. The van der Waals surface area contributed by atoms with Crippen molar-refractivity contribution in [1.29, 1.82) is 5.26 Å². The average Bonchev–Trinajstić information content (AvgIpc) is 3.61. The molecular formula is C25H32FN5O. The highest BCUT2D eigenvalue weighted by Gasteiger charge is 2.42. The number of rotatable bonds is 10. The van der Waals surface area contributed by atoms with Crippen LogP contribution in [0.15, 0.2) is 36.5 Å². The van der Waals surface area contributed by atoms with Gasteiger partial charge in [0.05, 0.1) is 24.3 Å². The van der Waals surface area contributed by atoms with Crippen molar-refractivity contribution in [3.8, 4) is 17.2 Å². The molecule has 170 valence electrons. The summed E-state index contributed by atoms with van der Waals surface area (Å²) in [4.78, 5) is 4.28. The van der Waals surface area contributed by atoms with E-state index in [9.17, 15) is 9.65 Å². The van der Waals surface area contributed by atoms with Crippen molar-refractivity contribution in [2.75, 3.05) is 37.4 Å². The lowest BCUT2D eigenvalue weighted by Crippen LogP contribution is -2.38. The van der Waals surface area contributed by atoms with Crippen LogP contribution < -0.4 is 16.0 Å². The molecule has 7 heteroatoms. The molecule has 0 aliphatic heterocycles. The van der Waals surface area contributed by atoms with E-state index in [1.54, 1.807) is 13.2 Å². The number of anilines is 2. The predicted molar refractivity (Wildman–Crippen MR) is 125 cm³/mol. The molecule has 32 heavy (non-hydrogen) atoms. The maximum absolute atomic E-state index is 14.6. The average molecular weight is 438 g/mol. The van der Waals surface area contributed by atoms with Gasteiger partial charge in [0.25, 0.3) is 0 Å². The van der Waals surface area contributed by atoms with Crippen LogP contribution in [0.25, 0.3) is 11.1 Å². The number of hydrogen-bond donors (Lipinski definition) is 3. The number of nitrogens with one attached hydrogen (secondary N) is 3. The van der Waals surface area contributed by atoms with Crippen LogP contribution in [0, 0.1) is 22.6 Å². The molecule has 2 aliphatic rings. The number of nitriles is 1. The van der Waals surface area contributed by atoms with Gasteiger partial charge in [0.1, 0.15) is 11.6 Å². The van der Waals surface area contributed by atoms with E-state index in [1.807, 2.05) is 24.3 Å². The summed E-state index contributed by atoms with van der Waals surface area (Å²) in [5.74, 6) is 0.367. The molecule has 6 nitrogen and oxygen atoms in total. The van der Waals surface area contributed by atoms with Crippen LogP contribution in [0.2, 0.25) is 0 Å². The lowest BCUT2D eigenvalue weighted by Gasteiger charge is -2.30. The molecule has 4 rings (SSSR count). The monoisotopic (exact) mass is 437 g/mol. The molecule has 0 radical (unpaired) electrons. The summed E-state index contributed by atoms with van der Waals surface area (Å²) in [5.41, 5.74) is 2.00. The summed E-state index contributed by atoms with van der Waals surface area (Å²) >= 11 is 0. The fraction of sp³-hybridized carbons (Fsp3) is 0.520. The van der Waals surface area contributed by atoms with Crippen molar-refractivity contribution < 1.29 is 9.13 Å². The molecular weight excluding hydrogens is 405 g/mol. The Morgan fingerprint density at radius 2 is 1.97 bits per heavy atom. The van der Waals surface area contributed by atoms with Gasteiger partial charge in [0.2, 0.25) is 0 Å². The predicted octanol–water partition coefficient (Wildman–Crippen LogP) is 4.56. The quantitative estimate of drug-likeness (QED) is 0.473. The zero-order valence-corrected chi connectivity index (χ0v) is 18.7. The Morgan fingerprint density at radius 1 is 1.19 bits per heavy atom. The van der Waals surface area contributed by atoms with Crippen LogP contribution in [-0.2, 0) is 4.74 Å². The van der Waals surface area contributed by atoms with E-state index in [0.717, 1.165) is 62.9 Å². The van der Waals surface area contributed by atoms with E-state index in [4.69, 9.17) is 4.74 Å². The smallest absolute Gasteiger partial charge is 0.149 e. The van der Waals surface area contributed by atoms with Crippen molar-refractivity contribution in [2.45, 2.75) is 50.6 Å². The molecule has 2 fully saturated rings. The van der Waals surface area contributed by atoms with E-state index < -0.39 is 0 Å². The Balaban J connectivity index is 1.37. The second kappa shape index (κ2) is 10.3. The number of nitrogens with zero attached hydrogens (tertiary/aromatic N) is 2. The fourth-order valence-electron chi connectivity index (χ4n) is 4.30. The maximum Gasteiger partial charge on any atom is 0.149 e. The second-order valence-electron chi connectivity index (χ2n) is 9.02. The van der Waals surface area contributed by atoms with Gasteiger partial charge in [-0.05, 0) is 62.3 Å². The number of methoxy groups -OCH3 is 1. The molecule has 0 saturated heterocycles. The summed E-state index contributed by atoms with van der Waals surface area (Å²) < 4.78 is 19.7. The minimum absolute atomic E-state index is 0.229. The van der Waals surface area contributed by atoms with Crippen LogP contribution >= 0.6 is 0 Å². The normalized spacial score (nSPS) is 21.5. The van der Waals surface area contributed by atoms with Crippen LogP contribution in [0.3, 0.4) is 0 Å². The number of ether oxygens (including phenoxy) is 1. The van der Waals surface area contributed by atoms with Gasteiger partial charge in [-0.3, -0.25) is 0 Å². The summed E-state index contributed by atoms with van der Waals surface area (Å²) in [6.07, 6.45) is 7.49. The summed E-state index contributed by atoms with van der Waals surface area (Å²) in [5, 5.41) is 19.6. The number of halogens is 1. The topological polar surface area (TPSA) is 82.0 Å². The Labute approximate surface area is 189 Å². The van der Waals surface area contributed by atoms with Gasteiger partial charge in [0.15, 0.2) is 0 Å². The minimum Gasteiger partial charge on any atom is -0.383 e. The highest BCUT2D eigenvalue weighted by Crippen LogP contribution is 2.44. The number of hydrogen-bond acceptors (Lipinski definition) is 6. The first-order valence-electron chi connectivity index (χ1n) is 11.5. The molecule has 1 aromatic heterocycles.